The highest BCUT2D eigenvalue weighted by molar-refractivity contribution is 5.88. The lowest BCUT2D eigenvalue weighted by Crippen LogP contribution is -2.08. The van der Waals surface area contributed by atoms with E-state index in [1.807, 2.05) is 37.3 Å². The molecule has 0 aliphatic carbocycles. The fraction of sp³-hybridized carbons (Fsp3) is 0.400. The minimum absolute atomic E-state index is 0.269. The van der Waals surface area contributed by atoms with Gasteiger partial charge in [0.05, 0.1) is 13.7 Å². The van der Waals surface area contributed by atoms with E-state index in [9.17, 15) is 4.79 Å². The number of para-hydroxylation sites is 1. The Bertz CT molecular complexity index is 441. The number of rotatable bonds is 7. The zero-order valence-electron chi connectivity index (χ0n) is 11.7. The first kappa shape index (κ1) is 15.2. The molecule has 0 amide bonds. The van der Waals surface area contributed by atoms with Crippen LogP contribution >= 0.6 is 0 Å². The summed E-state index contributed by atoms with van der Waals surface area (Å²) in [6.45, 7) is 3.07. The third kappa shape index (κ3) is 4.75. The van der Waals surface area contributed by atoms with Crippen molar-refractivity contribution in [3.05, 3.63) is 41.5 Å². The molecule has 4 nitrogen and oxygen atoms in total. The highest BCUT2D eigenvalue weighted by atomic mass is 16.5. The van der Waals surface area contributed by atoms with Crippen LogP contribution in [-0.4, -0.2) is 26.7 Å². The SMILES string of the molecule is CC/C(=C/CNc1ccccc1COC)C(=O)OC. The summed E-state index contributed by atoms with van der Waals surface area (Å²) < 4.78 is 9.86. The van der Waals surface area contributed by atoms with Gasteiger partial charge in [-0.3, -0.25) is 0 Å². The molecule has 0 atom stereocenters. The Balaban J connectivity index is 2.66. The van der Waals surface area contributed by atoms with E-state index >= 15 is 0 Å². The number of carbonyl (C=O) groups is 1. The number of benzene rings is 1. The van der Waals surface area contributed by atoms with Gasteiger partial charge in [0.15, 0.2) is 0 Å². The second-order valence-electron chi connectivity index (χ2n) is 4.05. The van der Waals surface area contributed by atoms with E-state index < -0.39 is 0 Å². The van der Waals surface area contributed by atoms with E-state index in [4.69, 9.17) is 9.47 Å². The third-order valence-corrected chi connectivity index (χ3v) is 2.79. The highest BCUT2D eigenvalue weighted by Crippen LogP contribution is 2.15. The van der Waals surface area contributed by atoms with Crippen molar-refractivity contribution in [1.29, 1.82) is 0 Å². The summed E-state index contributed by atoms with van der Waals surface area (Å²) in [6.07, 6.45) is 2.52. The second kappa shape index (κ2) is 8.32. The topological polar surface area (TPSA) is 47.6 Å². The van der Waals surface area contributed by atoms with Gasteiger partial charge in [0, 0.05) is 30.5 Å². The maximum atomic E-state index is 11.4. The largest absolute Gasteiger partial charge is 0.466 e. The number of hydrogen-bond donors (Lipinski definition) is 1. The van der Waals surface area contributed by atoms with Crippen LogP contribution in [0.2, 0.25) is 0 Å². The van der Waals surface area contributed by atoms with E-state index in [1.54, 1.807) is 7.11 Å². The van der Waals surface area contributed by atoms with Gasteiger partial charge < -0.3 is 14.8 Å². The van der Waals surface area contributed by atoms with Crippen molar-refractivity contribution in [2.45, 2.75) is 20.0 Å². The lowest BCUT2D eigenvalue weighted by molar-refractivity contribution is -0.136. The molecule has 1 aromatic carbocycles. The first-order valence-corrected chi connectivity index (χ1v) is 6.31. The maximum absolute atomic E-state index is 11.4. The average Bonchev–Trinajstić information content (AvgIpc) is 2.45. The van der Waals surface area contributed by atoms with Crippen LogP contribution in [0.25, 0.3) is 0 Å². The quantitative estimate of drug-likeness (QED) is 0.607. The summed E-state index contributed by atoms with van der Waals surface area (Å²) in [7, 11) is 3.07. The van der Waals surface area contributed by atoms with E-state index in [0.29, 0.717) is 25.1 Å². The maximum Gasteiger partial charge on any atom is 0.333 e. The Morgan fingerprint density at radius 3 is 2.68 bits per heavy atom. The van der Waals surface area contributed by atoms with Gasteiger partial charge >= 0.3 is 5.97 Å². The number of hydrogen-bond acceptors (Lipinski definition) is 4. The molecule has 0 fully saturated rings. The number of carbonyl (C=O) groups excluding carboxylic acids is 1. The fourth-order valence-electron chi connectivity index (χ4n) is 1.76. The molecule has 0 saturated carbocycles. The van der Waals surface area contributed by atoms with E-state index in [1.165, 1.54) is 7.11 Å². The van der Waals surface area contributed by atoms with Gasteiger partial charge in [-0.25, -0.2) is 4.79 Å². The number of esters is 1. The second-order valence-corrected chi connectivity index (χ2v) is 4.05. The average molecular weight is 263 g/mol. The molecule has 1 rings (SSSR count). The number of ether oxygens (including phenoxy) is 2. The van der Waals surface area contributed by atoms with Gasteiger partial charge in [0.25, 0.3) is 0 Å². The summed E-state index contributed by atoms with van der Waals surface area (Å²) in [5, 5.41) is 3.28. The molecule has 0 aromatic heterocycles. The Morgan fingerprint density at radius 1 is 1.32 bits per heavy atom. The standard InChI is InChI=1S/C15H21NO3/c1-4-12(15(17)19-3)9-10-16-14-8-6-5-7-13(14)11-18-2/h5-9,16H,4,10-11H2,1-3H3/b12-9-. The van der Waals surface area contributed by atoms with Gasteiger partial charge in [0.1, 0.15) is 0 Å². The summed E-state index contributed by atoms with van der Waals surface area (Å²) in [5.41, 5.74) is 2.79. The molecule has 104 valence electrons. The fourth-order valence-corrected chi connectivity index (χ4v) is 1.76. The van der Waals surface area contributed by atoms with Crippen LogP contribution in [0.3, 0.4) is 0 Å². The Labute approximate surface area is 114 Å². The zero-order chi connectivity index (χ0) is 14.1. The van der Waals surface area contributed by atoms with Crippen LogP contribution in [0, 0.1) is 0 Å². The first-order chi connectivity index (χ1) is 9.22. The Morgan fingerprint density at radius 2 is 2.05 bits per heavy atom. The van der Waals surface area contributed by atoms with Crippen LogP contribution in [0.5, 0.6) is 0 Å². The lowest BCUT2D eigenvalue weighted by Gasteiger charge is -2.10. The zero-order valence-corrected chi connectivity index (χ0v) is 11.7. The number of anilines is 1. The molecular formula is C15H21NO3. The Kier molecular flexibility index (Phi) is 6.68. The number of nitrogens with one attached hydrogen (secondary N) is 1. The molecule has 0 bridgehead atoms. The van der Waals surface area contributed by atoms with E-state index in [0.717, 1.165) is 11.3 Å². The highest BCUT2D eigenvalue weighted by Gasteiger charge is 2.06. The lowest BCUT2D eigenvalue weighted by atomic mass is 10.1. The molecule has 0 heterocycles. The molecule has 19 heavy (non-hydrogen) atoms. The van der Waals surface area contributed by atoms with Crippen molar-refractivity contribution in [2.75, 3.05) is 26.1 Å². The van der Waals surface area contributed by atoms with Crippen molar-refractivity contribution in [1.82, 2.24) is 0 Å². The molecule has 4 heteroatoms. The first-order valence-electron chi connectivity index (χ1n) is 6.31. The Hall–Kier alpha value is -1.81. The molecule has 1 aromatic rings. The van der Waals surface area contributed by atoms with Crippen LogP contribution in [-0.2, 0) is 20.9 Å². The van der Waals surface area contributed by atoms with Crippen molar-refractivity contribution in [2.24, 2.45) is 0 Å². The minimum atomic E-state index is -0.269. The van der Waals surface area contributed by atoms with Crippen LogP contribution in [0.1, 0.15) is 18.9 Å². The number of methoxy groups -OCH3 is 2. The molecular weight excluding hydrogens is 242 g/mol. The van der Waals surface area contributed by atoms with E-state index in [2.05, 4.69) is 5.32 Å². The summed E-state index contributed by atoms with van der Waals surface area (Å²) in [6, 6.07) is 7.94. The molecule has 1 N–H and O–H groups in total. The van der Waals surface area contributed by atoms with Crippen LogP contribution < -0.4 is 5.32 Å². The summed E-state index contributed by atoms with van der Waals surface area (Å²) in [4.78, 5) is 11.4. The predicted octanol–water partition coefficient (Wildman–Crippen LogP) is 2.75. The van der Waals surface area contributed by atoms with Gasteiger partial charge in [-0.2, -0.15) is 0 Å². The predicted molar refractivity (Wildman–Crippen MR) is 76.0 cm³/mol. The molecule has 0 radical (unpaired) electrons. The summed E-state index contributed by atoms with van der Waals surface area (Å²) in [5.74, 6) is -0.269. The normalized spacial score (nSPS) is 11.2. The molecule has 0 aliphatic heterocycles. The van der Waals surface area contributed by atoms with Gasteiger partial charge in [-0.05, 0) is 12.5 Å². The van der Waals surface area contributed by atoms with Crippen molar-refractivity contribution in [3.63, 3.8) is 0 Å². The van der Waals surface area contributed by atoms with Crippen molar-refractivity contribution >= 4 is 11.7 Å². The monoisotopic (exact) mass is 263 g/mol. The summed E-state index contributed by atoms with van der Waals surface area (Å²) >= 11 is 0. The molecule has 0 spiro atoms. The minimum Gasteiger partial charge on any atom is -0.466 e. The van der Waals surface area contributed by atoms with Crippen molar-refractivity contribution < 1.29 is 14.3 Å². The van der Waals surface area contributed by atoms with Crippen LogP contribution in [0.4, 0.5) is 5.69 Å². The van der Waals surface area contributed by atoms with Gasteiger partial charge in [-0.15, -0.1) is 0 Å². The molecule has 0 aliphatic rings. The molecule has 0 unspecified atom stereocenters. The van der Waals surface area contributed by atoms with E-state index in [-0.39, 0.29) is 5.97 Å². The smallest absolute Gasteiger partial charge is 0.333 e. The van der Waals surface area contributed by atoms with Crippen molar-refractivity contribution in [3.8, 4) is 0 Å². The van der Waals surface area contributed by atoms with Crippen LogP contribution in [0.15, 0.2) is 35.9 Å². The molecule has 0 saturated heterocycles. The van der Waals surface area contributed by atoms with Gasteiger partial charge in [-0.1, -0.05) is 31.2 Å². The van der Waals surface area contributed by atoms with Gasteiger partial charge in [0.2, 0.25) is 0 Å². The third-order valence-electron chi connectivity index (χ3n) is 2.79.